The van der Waals surface area contributed by atoms with E-state index in [9.17, 15) is 24.6 Å². The highest BCUT2D eigenvalue weighted by Gasteiger charge is 2.49. The third-order valence-electron chi connectivity index (χ3n) is 13.0. The number of benzene rings is 3. The molecule has 52 heavy (non-hydrogen) atoms. The molecule has 0 bridgehead atoms. The summed E-state index contributed by atoms with van der Waals surface area (Å²) in [5, 5.41) is 19.2. The van der Waals surface area contributed by atoms with Gasteiger partial charge in [-0.15, -0.1) is 0 Å². The number of rotatable bonds is 1. The summed E-state index contributed by atoms with van der Waals surface area (Å²) >= 11 is 10.3. The zero-order chi connectivity index (χ0) is 36.8. The molecule has 0 unspecified atom stereocenters. The molecule has 3 aromatic carbocycles. The number of methoxy groups -OCH3 is 1. The molecule has 3 spiro atoms. The highest BCUT2D eigenvalue weighted by atomic mass is 79.9. The Bertz CT molecular complexity index is 1770. The summed E-state index contributed by atoms with van der Waals surface area (Å²) in [5.41, 5.74) is 5.73. The van der Waals surface area contributed by atoms with Gasteiger partial charge in [-0.3, -0.25) is 14.4 Å². The number of carbonyl (C=O) groups excluding carboxylic acids is 3. The van der Waals surface area contributed by atoms with Crippen LogP contribution >= 0.6 is 47.8 Å². The van der Waals surface area contributed by atoms with Gasteiger partial charge in [0.1, 0.15) is 0 Å². The first-order valence-corrected chi connectivity index (χ1v) is 21.1. The Kier molecular flexibility index (Phi) is 11.2. The second kappa shape index (κ2) is 15.3. The van der Waals surface area contributed by atoms with Crippen molar-refractivity contribution in [1.82, 2.24) is 0 Å². The van der Waals surface area contributed by atoms with Gasteiger partial charge in [-0.1, -0.05) is 66.0 Å². The van der Waals surface area contributed by atoms with Crippen LogP contribution in [0.4, 0.5) is 0 Å². The van der Waals surface area contributed by atoms with Crippen LogP contribution in [0.25, 0.3) is 0 Å². The van der Waals surface area contributed by atoms with Crippen molar-refractivity contribution >= 4 is 65.1 Å². The van der Waals surface area contributed by atoms with E-state index in [1.165, 1.54) is 16.7 Å². The Morgan fingerprint density at radius 2 is 0.808 bits per heavy atom. The molecule has 6 aliphatic carbocycles. The minimum Gasteiger partial charge on any atom is -0.393 e. The zero-order valence-corrected chi connectivity index (χ0v) is 34.5. The summed E-state index contributed by atoms with van der Waals surface area (Å²) in [6.45, 7) is 0. The number of aliphatic hydroxyl groups excluding tert-OH is 2. The van der Waals surface area contributed by atoms with Crippen LogP contribution in [0, 0.1) is 16.2 Å². The summed E-state index contributed by atoms with van der Waals surface area (Å²) in [6.07, 6.45) is 12.9. The van der Waals surface area contributed by atoms with Crippen molar-refractivity contribution in [3.05, 3.63) is 101 Å². The fraction of sp³-hybridized carbons (Fsp3) is 0.512. The molecule has 0 aliphatic heterocycles. The number of fused-ring (bicyclic) bond motifs is 3. The van der Waals surface area contributed by atoms with Gasteiger partial charge < -0.3 is 14.9 Å². The van der Waals surface area contributed by atoms with E-state index < -0.39 is 0 Å². The van der Waals surface area contributed by atoms with Gasteiger partial charge in [0.2, 0.25) is 0 Å². The van der Waals surface area contributed by atoms with Crippen molar-refractivity contribution in [2.45, 2.75) is 115 Å². The van der Waals surface area contributed by atoms with Crippen molar-refractivity contribution in [1.29, 1.82) is 0 Å². The summed E-state index contributed by atoms with van der Waals surface area (Å²) in [6, 6.07) is 18.1. The average Bonchev–Trinajstić information content (AvgIpc) is 3.68. The van der Waals surface area contributed by atoms with Gasteiger partial charge in [-0.25, -0.2) is 0 Å². The number of carbonyl (C=O) groups is 3. The number of aliphatic hydroxyl groups is 2. The highest BCUT2D eigenvalue weighted by Crippen LogP contribution is 2.50. The minimum absolute atomic E-state index is 0.127. The quantitative estimate of drug-likeness (QED) is 0.252. The molecule has 3 fully saturated rings. The van der Waals surface area contributed by atoms with Crippen molar-refractivity contribution in [3.8, 4) is 0 Å². The van der Waals surface area contributed by atoms with Gasteiger partial charge in [0.25, 0.3) is 0 Å². The van der Waals surface area contributed by atoms with Crippen LogP contribution in [0.1, 0.15) is 125 Å². The van der Waals surface area contributed by atoms with Crippen LogP contribution in [0.5, 0.6) is 0 Å². The highest BCUT2D eigenvalue weighted by molar-refractivity contribution is 9.11. The normalized spacial score (nSPS) is 31.5. The maximum absolute atomic E-state index is 12.7. The predicted molar refractivity (Wildman–Crippen MR) is 212 cm³/mol. The number of halogens is 3. The monoisotopic (exact) mass is 896 g/mol. The number of ether oxygens (including phenoxy) is 1. The lowest BCUT2D eigenvalue weighted by atomic mass is 9.70. The molecule has 3 aromatic rings. The van der Waals surface area contributed by atoms with Crippen LogP contribution in [0.3, 0.4) is 0 Å². The number of hydrogen-bond acceptors (Lipinski definition) is 6. The van der Waals surface area contributed by atoms with Crippen molar-refractivity contribution in [3.63, 3.8) is 0 Å². The number of Topliss-reactive ketones (excluding diaryl/α,β-unsaturated/α-hetero) is 3. The maximum atomic E-state index is 12.7. The molecule has 0 aromatic heterocycles. The SMILES string of the molecule is COC1CCC2(CC1)Cc1ccc(Br)cc1C2=O.O=C1c2cc(Br)ccc2CC12CCC(O)CC2.O=C1c2cc(Br)ccc2CC12CCC(O)CC2. The van der Waals surface area contributed by atoms with E-state index in [2.05, 4.69) is 66.0 Å². The summed E-state index contributed by atoms with van der Waals surface area (Å²) in [4.78, 5) is 37.7. The molecule has 6 aliphatic rings. The molecular formula is C43H47Br3O6. The fourth-order valence-corrected chi connectivity index (χ4v) is 10.9. The Balaban J connectivity index is 0.000000121. The van der Waals surface area contributed by atoms with Gasteiger partial charge in [-0.05, 0) is 149 Å². The van der Waals surface area contributed by atoms with E-state index in [1.807, 2.05) is 36.4 Å². The largest absolute Gasteiger partial charge is 0.393 e. The Hall–Kier alpha value is -2.01. The average molecular weight is 900 g/mol. The molecule has 2 N–H and O–H groups in total. The second-order valence-corrected chi connectivity index (χ2v) is 18.9. The maximum Gasteiger partial charge on any atom is 0.169 e. The molecular weight excluding hydrogens is 852 g/mol. The molecule has 276 valence electrons. The molecule has 3 saturated carbocycles. The third-order valence-corrected chi connectivity index (χ3v) is 14.5. The van der Waals surface area contributed by atoms with Crippen LogP contribution in [-0.2, 0) is 24.0 Å². The van der Waals surface area contributed by atoms with Crippen molar-refractivity contribution in [2.75, 3.05) is 7.11 Å². The fourth-order valence-electron chi connectivity index (χ4n) is 9.84. The summed E-state index contributed by atoms with van der Waals surface area (Å²) < 4.78 is 8.34. The van der Waals surface area contributed by atoms with E-state index >= 15 is 0 Å². The number of hydrogen-bond donors (Lipinski definition) is 2. The van der Waals surface area contributed by atoms with E-state index in [0.29, 0.717) is 23.5 Å². The first-order valence-electron chi connectivity index (χ1n) is 18.7. The smallest absolute Gasteiger partial charge is 0.169 e. The lowest BCUT2D eigenvalue weighted by molar-refractivity contribution is 0.0285. The third kappa shape index (κ3) is 7.36. The lowest BCUT2D eigenvalue weighted by Gasteiger charge is -2.35. The van der Waals surface area contributed by atoms with Gasteiger partial charge in [0.05, 0.1) is 18.3 Å². The minimum atomic E-state index is -0.206. The first-order chi connectivity index (χ1) is 24.9. The molecule has 9 rings (SSSR count). The van der Waals surface area contributed by atoms with Crippen LogP contribution < -0.4 is 0 Å². The Morgan fingerprint density at radius 1 is 0.519 bits per heavy atom. The van der Waals surface area contributed by atoms with E-state index in [-0.39, 0.29) is 28.5 Å². The molecule has 0 radical (unpaired) electrons. The Labute approximate surface area is 331 Å². The molecule has 0 atom stereocenters. The predicted octanol–water partition coefficient (Wildman–Crippen LogP) is 9.98. The Morgan fingerprint density at radius 3 is 1.10 bits per heavy atom. The van der Waals surface area contributed by atoms with Gasteiger partial charge >= 0.3 is 0 Å². The molecule has 9 heteroatoms. The first kappa shape index (κ1) is 38.3. The molecule has 0 amide bonds. The van der Waals surface area contributed by atoms with Crippen LogP contribution in [-0.4, -0.2) is 53.0 Å². The van der Waals surface area contributed by atoms with E-state index in [4.69, 9.17) is 4.74 Å². The van der Waals surface area contributed by atoms with Crippen molar-refractivity contribution < 1.29 is 29.3 Å². The van der Waals surface area contributed by atoms with Crippen LogP contribution in [0.15, 0.2) is 68.0 Å². The van der Waals surface area contributed by atoms with Gasteiger partial charge in [-0.2, -0.15) is 0 Å². The second-order valence-electron chi connectivity index (χ2n) is 16.2. The molecule has 0 heterocycles. The lowest BCUT2D eigenvalue weighted by Crippen LogP contribution is -2.35. The number of ketones is 3. The standard InChI is InChI=1S/C15H17BrO2.2C14H15BrO2/c1-18-12-4-6-15(7-5-12)9-10-2-3-11(16)8-13(10)14(15)17;2*15-10-2-1-9-8-14(13(17)12(9)7-10)5-3-11(16)4-6-14/h2-3,8,12H,4-7,9H2,1H3;2*1-2,7,11,16H,3-6,8H2. The molecule has 6 nitrogen and oxygen atoms in total. The topological polar surface area (TPSA) is 101 Å². The van der Waals surface area contributed by atoms with Crippen molar-refractivity contribution in [2.24, 2.45) is 16.2 Å². The summed E-state index contributed by atoms with van der Waals surface area (Å²) in [5.74, 6) is 0.940. The summed E-state index contributed by atoms with van der Waals surface area (Å²) in [7, 11) is 1.77. The van der Waals surface area contributed by atoms with Crippen LogP contribution in [0.2, 0.25) is 0 Å². The van der Waals surface area contributed by atoms with Gasteiger partial charge in [0, 0.05) is 53.5 Å². The van der Waals surface area contributed by atoms with E-state index in [1.54, 1.807) is 7.11 Å². The zero-order valence-electron chi connectivity index (χ0n) is 29.7. The van der Waals surface area contributed by atoms with E-state index in [0.717, 1.165) is 126 Å². The van der Waals surface area contributed by atoms with Gasteiger partial charge in [0.15, 0.2) is 17.3 Å². The molecule has 0 saturated heterocycles.